The maximum absolute atomic E-state index is 11.5. The summed E-state index contributed by atoms with van der Waals surface area (Å²) >= 11 is 3.87. The van der Waals surface area contributed by atoms with Crippen LogP contribution in [0.1, 0.15) is 110 Å². The number of hydrogen-bond donors (Lipinski definition) is 7. The number of carbonyl (C=O) groups is 5. The molecule has 0 rings (SSSR count). The van der Waals surface area contributed by atoms with E-state index in [4.69, 9.17) is 21.1 Å². The number of nitrogens with two attached hydrogens (primary N) is 1. The van der Waals surface area contributed by atoms with E-state index in [9.17, 15) is 24.0 Å². The summed E-state index contributed by atoms with van der Waals surface area (Å²) in [6.45, 7) is 1.69. The van der Waals surface area contributed by atoms with Gasteiger partial charge < -0.3 is 31.7 Å². The third kappa shape index (κ3) is 28.4. The predicted octanol–water partition coefficient (Wildman–Crippen LogP) is 3.90. The molecule has 0 fully saturated rings. The van der Waals surface area contributed by atoms with E-state index in [0.717, 1.165) is 12.8 Å². The zero-order valence-corrected chi connectivity index (χ0v) is 24.8. The van der Waals surface area contributed by atoms with Crippen molar-refractivity contribution in [2.24, 2.45) is 5.73 Å². The van der Waals surface area contributed by atoms with Crippen LogP contribution < -0.4 is 16.4 Å². The minimum atomic E-state index is -1.22. The maximum atomic E-state index is 11.5. The molecule has 0 aliphatic carbocycles. The Morgan fingerprint density at radius 2 is 1.30 bits per heavy atom. The van der Waals surface area contributed by atoms with E-state index in [0.29, 0.717) is 6.42 Å². The monoisotopic (exact) mass is 589 g/mol. The van der Waals surface area contributed by atoms with Gasteiger partial charge in [0.1, 0.15) is 18.6 Å². The van der Waals surface area contributed by atoms with Gasteiger partial charge in [-0.25, -0.2) is 0 Å². The van der Waals surface area contributed by atoms with Crippen LogP contribution in [0.5, 0.6) is 0 Å². The number of amides is 2. The summed E-state index contributed by atoms with van der Waals surface area (Å²) in [6.07, 6.45) is 21.0. The third-order valence-electron chi connectivity index (χ3n) is 5.90. The SMILES string of the molecule is CCCCCCCC/C=C\CCCCCCCC(=O)O.N[C@@H](CCC(=O)N[C@@H](CS)C(=O)NCC(=O)O)C(=O)O. The number of aliphatic carboxylic acids is 3. The predicted molar refractivity (Wildman–Crippen MR) is 158 cm³/mol. The van der Waals surface area contributed by atoms with Crippen molar-refractivity contribution in [3.05, 3.63) is 12.2 Å². The molecular formula is C28H51N3O8S. The smallest absolute Gasteiger partial charge is 0.322 e. The van der Waals surface area contributed by atoms with E-state index in [1.165, 1.54) is 70.6 Å². The van der Waals surface area contributed by atoms with Crippen molar-refractivity contribution >= 4 is 42.4 Å². The molecule has 11 nitrogen and oxygen atoms in total. The Bertz CT molecular complexity index is 749. The minimum absolute atomic E-state index is 0.0256. The highest BCUT2D eigenvalue weighted by Crippen LogP contribution is 2.09. The summed E-state index contributed by atoms with van der Waals surface area (Å²) in [6, 6.07) is -2.15. The van der Waals surface area contributed by atoms with Gasteiger partial charge in [0, 0.05) is 18.6 Å². The summed E-state index contributed by atoms with van der Waals surface area (Å²) in [7, 11) is 0. The van der Waals surface area contributed by atoms with Gasteiger partial charge in [-0.05, 0) is 38.5 Å². The topological polar surface area (TPSA) is 196 Å². The zero-order chi connectivity index (χ0) is 30.6. The summed E-state index contributed by atoms with van der Waals surface area (Å²) in [5.74, 6) is -4.37. The number of carboxylic acid groups (broad SMARTS) is 3. The van der Waals surface area contributed by atoms with Crippen LogP contribution in [0.3, 0.4) is 0 Å². The molecule has 0 aromatic carbocycles. The highest BCUT2D eigenvalue weighted by atomic mass is 32.1. The summed E-state index contributed by atoms with van der Waals surface area (Å²) in [5, 5.41) is 29.9. The van der Waals surface area contributed by atoms with E-state index in [-0.39, 0.29) is 18.6 Å². The highest BCUT2D eigenvalue weighted by molar-refractivity contribution is 7.80. The van der Waals surface area contributed by atoms with Crippen molar-refractivity contribution in [1.82, 2.24) is 10.6 Å². The largest absolute Gasteiger partial charge is 0.481 e. The van der Waals surface area contributed by atoms with Crippen LogP contribution in [0.25, 0.3) is 0 Å². The molecule has 0 aromatic heterocycles. The maximum Gasteiger partial charge on any atom is 0.322 e. The van der Waals surface area contributed by atoms with Crippen LogP contribution in [0.15, 0.2) is 12.2 Å². The fourth-order valence-electron chi connectivity index (χ4n) is 3.50. The van der Waals surface area contributed by atoms with E-state index < -0.39 is 48.4 Å². The molecule has 0 bridgehead atoms. The highest BCUT2D eigenvalue weighted by Gasteiger charge is 2.21. The van der Waals surface area contributed by atoms with Crippen LogP contribution >= 0.6 is 12.6 Å². The van der Waals surface area contributed by atoms with Crippen LogP contribution in [0.2, 0.25) is 0 Å². The Morgan fingerprint density at radius 1 is 0.775 bits per heavy atom. The quantitative estimate of drug-likeness (QED) is 0.0496. The van der Waals surface area contributed by atoms with E-state index in [1.54, 1.807) is 0 Å². The first-order chi connectivity index (χ1) is 19.0. The van der Waals surface area contributed by atoms with Gasteiger partial charge in [-0.1, -0.05) is 70.4 Å². The number of carbonyl (C=O) groups excluding carboxylic acids is 2. The molecule has 40 heavy (non-hydrogen) atoms. The molecule has 0 saturated heterocycles. The second-order valence-corrected chi connectivity index (χ2v) is 9.99. The first-order valence-corrected chi connectivity index (χ1v) is 14.9. The molecule has 2 amide bonds. The Hall–Kier alpha value is -2.60. The summed E-state index contributed by atoms with van der Waals surface area (Å²) < 4.78 is 0. The van der Waals surface area contributed by atoms with Crippen molar-refractivity contribution in [2.75, 3.05) is 12.3 Å². The molecule has 0 saturated carbocycles. The lowest BCUT2D eigenvalue weighted by molar-refractivity contribution is -0.139. The fourth-order valence-corrected chi connectivity index (χ4v) is 3.76. The van der Waals surface area contributed by atoms with E-state index in [1.807, 2.05) is 0 Å². The molecule has 0 radical (unpaired) electrons. The molecule has 12 heteroatoms. The molecule has 232 valence electrons. The average molecular weight is 590 g/mol. The lowest BCUT2D eigenvalue weighted by Gasteiger charge is -2.16. The van der Waals surface area contributed by atoms with Gasteiger partial charge in [-0.3, -0.25) is 24.0 Å². The van der Waals surface area contributed by atoms with Gasteiger partial charge in [-0.2, -0.15) is 12.6 Å². The Kier molecular flexibility index (Phi) is 27.6. The van der Waals surface area contributed by atoms with Gasteiger partial charge in [-0.15, -0.1) is 0 Å². The molecule has 2 atom stereocenters. The number of rotatable bonds is 24. The average Bonchev–Trinajstić information content (AvgIpc) is 2.91. The van der Waals surface area contributed by atoms with E-state index >= 15 is 0 Å². The number of nitrogens with one attached hydrogen (secondary N) is 2. The third-order valence-corrected chi connectivity index (χ3v) is 6.27. The fraction of sp³-hybridized carbons (Fsp3) is 0.750. The van der Waals surface area contributed by atoms with Gasteiger partial charge in [0.25, 0.3) is 0 Å². The molecule has 0 unspecified atom stereocenters. The number of carboxylic acids is 3. The van der Waals surface area contributed by atoms with Crippen LogP contribution in [0, 0.1) is 0 Å². The summed E-state index contributed by atoms with van der Waals surface area (Å²) in [4.78, 5) is 54.1. The molecule has 0 aromatic rings. The van der Waals surface area contributed by atoms with Crippen molar-refractivity contribution in [1.29, 1.82) is 0 Å². The second kappa shape index (κ2) is 27.9. The lowest BCUT2D eigenvalue weighted by Crippen LogP contribution is -2.49. The van der Waals surface area contributed by atoms with Crippen LogP contribution in [-0.2, 0) is 24.0 Å². The Labute approximate surface area is 244 Å². The van der Waals surface area contributed by atoms with Gasteiger partial charge in [0.15, 0.2) is 0 Å². The first kappa shape index (κ1) is 39.5. The molecule has 0 heterocycles. The Morgan fingerprint density at radius 3 is 1.77 bits per heavy atom. The van der Waals surface area contributed by atoms with E-state index in [2.05, 4.69) is 42.3 Å². The van der Waals surface area contributed by atoms with Gasteiger partial charge in [0.05, 0.1) is 0 Å². The van der Waals surface area contributed by atoms with Crippen LogP contribution in [-0.4, -0.2) is 69.4 Å². The molecule has 0 aliphatic rings. The van der Waals surface area contributed by atoms with Crippen LogP contribution in [0.4, 0.5) is 0 Å². The van der Waals surface area contributed by atoms with Gasteiger partial charge >= 0.3 is 17.9 Å². The Balaban J connectivity index is 0. The molecule has 0 spiro atoms. The minimum Gasteiger partial charge on any atom is -0.481 e. The number of allylic oxidation sites excluding steroid dienone is 2. The normalized spacial score (nSPS) is 12.2. The number of thiol groups is 1. The summed E-state index contributed by atoms with van der Waals surface area (Å²) in [5.41, 5.74) is 5.23. The number of unbranched alkanes of at least 4 members (excludes halogenated alkanes) is 11. The van der Waals surface area contributed by atoms with Gasteiger partial charge in [0.2, 0.25) is 11.8 Å². The second-order valence-electron chi connectivity index (χ2n) is 9.63. The van der Waals surface area contributed by atoms with Crippen molar-refractivity contribution < 1.29 is 39.3 Å². The zero-order valence-electron chi connectivity index (χ0n) is 23.9. The number of hydrogen-bond acceptors (Lipinski definition) is 7. The first-order valence-electron chi connectivity index (χ1n) is 14.3. The van der Waals surface area contributed by atoms with Crippen molar-refractivity contribution in [2.45, 2.75) is 122 Å². The van der Waals surface area contributed by atoms with Crippen molar-refractivity contribution in [3.63, 3.8) is 0 Å². The molecule has 0 aliphatic heterocycles. The lowest BCUT2D eigenvalue weighted by atomic mass is 10.1. The molecule has 7 N–H and O–H groups in total. The molecular weight excluding hydrogens is 538 g/mol. The van der Waals surface area contributed by atoms with Crippen molar-refractivity contribution in [3.8, 4) is 0 Å². The standard InChI is InChI=1S/C18H34O2.C10H17N3O6S/c1-2-3-4-5-6-7-8-9-10-11-12-13-14-15-16-17-18(19)20;11-5(10(18)19)1-2-7(14)13-6(4-20)9(17)12-3-8(15)16/h9-10H,2-8,11-17H2,1H3,(H,19,20);5-6,20H,1-4,11H2,(H,12,17)(H,13,14)(H,15,16)(H,18,19)/b10-9-;/t;5-,6-/m.0/s1.